The molecule has 0 unspecified atom stereocenters. The van der Waals surface area contributed by atoms with Crippen LogP contribution in [-0.4, -0.2) is 40.8 Å². The molecule has 3 atom stereocenters. The Hall–Kier alpha value is -0.904. The quantitative estimate of drug-likeness (QED) is 0.677. The van der Waals surface area contributed by atoms with Crippen molar-refractivity contribution >= 4 is 32.7 Å². The summed E-state index contributed by atoms with van der Waals surface area (Å²) in [7, 11) is -1.70. The molecule has 0 radical (unpaired) electrons. The van der Waals surface area contributed by atoms with Crippen LogP contribution in [0.5, 0.6) is 0 Å². The van der Waals surface area contributed by atoms with Crippen LogP contribution in [0.25, 0.3) is 0 Å². The van der Waals surface area contributed by atoms with Crippen molar-refractivity contribution in [3.8, 4) is 0 Å². The van der Waals surface area contributed by atoms with Gasteiger partial charge >= 0.3 is 165 Å². The van der Waals surface area contributed by atoms with Crippen LogP contribution >= 0.6 is 0 Å². The predicted octanol–water partition coefficient (Wildman–Crippen LogP) is 3.58. The molecule has 1 aliphatic heterocycles. The molecule has 26 heavy (non-hydrogen) atoms. The van der Waals surface area contributed by atoms with Crippen LogP contribution in [0.1, 0.15) is 37.9 Å². The fourth-order valence-electron chi connectivity index (χ4n) is 3.78. The average molecular weight is 434 g/mol. The number of benzene rings is 2. The zero-order valence-corrected chi connectivity index (χ0v) is 18.7. The van der Waals surface area contributed by atoms with Gasteiger partial charge in [-0.1, -0.05) is 0 Å². The van der Waals surface area contributed by atoms with E-state index in [9.17, 15) is 5.11 Å². The van der Waals surface area contributed by atoms with Gasteiger partial charge in [0.1, 0.15) is 0 Å². The van der Waals surface area contributed by atoms with Gasteiger partial charge in [0.2, 0.25) is 0 Å². The van der Waals surface area contributed by atoms with Gasteiger partial charge in [0.15, 0.2) is 0 Å². The van der Waals surface area contributed by atoms with Gasteiger partial charge in [-0.15, -0.1) is 0 Å². The summed E-state index contributed by atoms with van der Waals surface area (Å²) in [6, 6.07) is 19.5. The Kier molecular flexibility index (Phi) is 6.76. The van der Waals surface area contributed by atoms with E-state index in [1.807, 2.05) is 0 Å². The van der Waals surface area contributed by atoms with Crippen molar-refractivity contribution in [2.75, 3.05) is 6.61 Å². The molecule has 1 saturated heterocycles. The van der Waals surface area contributed by atoms with Gasteiger partial charge in [-0.2, -0.15) is 0 Å². The number of aliphatic hydroxyl groups is 1. The van der Waals surface area contributed by atoms with Gasteiger partial charge < -0.3 is 0 Å². The van der Waals surface area contributed by atoms with E-state index in [1.54, 1.807) is 0 Å². The molecular formula is C22H30O2SeSi. The predicted molar refractivity (Wildman–Crippen MR) is 113 cm³/mol. The first-order valence-electron chi connectivity index (χ1n) is 9.64. The van der Waals surface area contributed by atoms with Crippen LogP contribution in [0.4, 0.5) is 0 Å². The number of aliphatic hydroxyl groups excluding tert-OH is 1. The van der Waals surface area contributed by atoms with Gasteiger partial charge in [0, 0.05) is 0 Å². The van der Waals surface area contributed by atoms with E-state index in [-0.39, 0.29) is 21.1 Å². The van der Waals surface area contributed by atoms with Crippen molar-refractivity contribution < 1.29 is 9.84 Å². The van der Waals surface area contributed by atoms with E-state index in [2.05, 4.69) is 74.6 Å². The van der Waals surface area contributed by atoms with Crippen LogP contribution in [0.15, 0.2) is 54.6 Å². The maximum absolute atomic E-state index is 10.5. The third kappa shape index (κ3) is 4.32. The third-order valence-electron chi connectivity index (χ3n) is 5.45. The summed E-state index contributed by atoms with van der Waals surface area (Å²) < 4.78 is 8.14. The first-order chi connectivity index (χ1) is 12.5. The second-order valence-electron chi connectivity index (χ2n) is 7.64. The number of hydrogen-bond acceptors (Lipinski definition) is 2. The summed E-state index contributed by atoms with van der Waals surface area (Å²) in [5.74, 6) is 0. The third-order valence-corrected chi connectivity index (χ3v) is 15.9. The molecule has 0 saturated carbocycles. The minimum absolute atomic E-state index is 0.285. The molecule has 0 bridgehead atoms. The summed E-state index contributed by atoms with van der Waals surface area (Å²) in [5.41, 5.74) is 1.12. The topological polar surface area (TPSA) is 29.5 Å². The summed E-state index contributed by atoms with van der Waals surface area (Å²) in [5, 5.41) is 12.0. The molecule has 0 spiro atoms. The normalized spacial score (nSPS) is 20.1. The Labute approximate surface area is 165 Å². The van der Waals surface area contributed by atoms with Gasteiger partial charge in [-0.25, -0.2) is 0 Å². The summed E-state index contributed by atoms with van der Waals surface area (Å²) in [4.78, 5) is 0. The van der Waals surface area contributed by atoms with Gasteiger partial charge in [0.25, 0.3) is 0 Å². The van der Waals surface area contributed by atoms with Gasteiger partial charge in [-0.3, -0.25) is 0 Å². The van der Waals surface area contributed by atoms with Crippen LogP contribution in [0.2, 0.25) is 17.5 Å². The second-order valence-corrected chi connectivity index (χ2v) is 15.7. The molecule has 1 N–H and O–H groups in total. The number of rotatable bonds is 7. The zero-order valence-electron chi connectivity index (χ0n) is 16.0. The van der Waals surface area contributed by atoms with Crippen molar-refractivity contribution in [1.82, 2.24) is 0 Å². The first-order valence-corrected chi connectivity index (χ1v) is 14.6. The Morgan fingerprint density at radius 2 is 1.81 bits per heavy atom. The van der Waals surface area contributed by atoms with E-state index in [0.29, 0.717) is 10.5 Å². The van der Waals surface area contributed by atoms with Crippen LogP contribution in [0, 0.1) is 0 Å². The molecule has 1 aliphatic rings. The summed E-state index contributed by atoms with van der Waals surface area (Å²) in [6.45, 7) is 7.94. The molecule has 2 aromatic rings. The first kappa shape index (κ1) is 19.8. The van der Waals surface area contributed by atoms with Crippen molar-refractivity contribution in [2.45, 2.75) is 55.9 Å². The molecule has 1 heterocycles. The molecule has 1 fully saturated rings. The number of hydrogen-bond donors (Lipinski definition) is 1. The van der Waals surface area contributed by atoms with Crippen molar-refractivity contribution in [1.29, 1.82) is 0 Å². The van der Waals surface area contributed by atoms with E-state index in [0.717, 1.165) is 18.6 Å². The number of ether oxygens (including phenoxy) is 1. The second kappa shape index (κ2) is 8.86. The molecule has 2 nitrogen and oxygen atoms in total. The Bertz CT molecular complexity index is 698. The van der Waals surface area contributed by atoms with Crippen LogP contribution < -0.4 is 9.65 Å². The zero-order chi connectivity index (χ0) is 18.6. The minimum atomic E-state index is -1.70. The molecule has 0 aliphatic carbocycles. The Morgan fingerprint density at radius 3 is 2.46 bits per heavy atom. The Morgan fingerprint density at radius 1 is 1.12 bits per heavy atom. The van der Waals surface area contributed by atoms with Gasteiger partial charge in [-0.05, 0) is 0 Å². The van der Waals surface area contributed by atoms with E-state index in [4.69, 9.17) is 4.74 Å². The molecule has 4 heteroatoms. The van der Waals surface area contributed by atoms with Crippen LogP contribution in [0.3, 0.4) is 0 Å². The molecule has 2 aromatic carbocycles. The molecule has 0 amide bonds. The molecule has 0 aromatic heterocycles. The SMILES string of the molecule is CC[C@H](O)c1ccccc1[Se][C@H]([C@H]1CCCO1)[Si](C)(C)c1ccccc1. The van der Waals surface area contributed by atoms with Gasteiger partial charge in [0.05, 0.1) is 0 Å². The van der Waals surface area contributed by atoms with Crippen molar-refractivity contribution in [3.63, 3.8) is 0 Å². The van der Waals surface area contributed by atoms with E-state index >= 15 is 0 Å². The standard InChI is InChI=1S/C22H30O2SeSi/c1-4-19(23)18-13-8-9-15-21(18)25-22(20-14-10-16-24-20)26(2,3)17-11-6-5-7-12-17/h5-9,11-13,15,19-20,22-23H,4,10,14,16H2,1-3H3/t19-,20+,22-/m0/s1. The van der Waals surface area contributed by atoms with E-state index in [1.165, 1.54) is 22.5 Å². The van der Waals surface area contributed by atoms with E-state index < -0.39 is 8.07 Å². The summed E-state index contributed by atoms with van der Waals surface area (Å²) in [6.07, 6.45) is 3.12. The molecule has 3 rings (SSSR count). The van der Waals surface area contributed by atoms with Crippen LogP contribution in [-0.2, 0) is 4.74 Å². The van der Waals surface area contributed by atoms with Crippen molar-refractivity contribution in [2.24, 2.45) is 0 Å². The fraction of sp³-hybridized carbons (Fsp3) is 0.455. The average Bonchev–Trinajstić information content (AvgIpc) is 3.20. The fourth-order valence-corrected chi connectivity index (χ4v) is 12.4. The maximum atomic E-state index is 10.5. The summed E-state index contributed by atoms with van der Waals surface area (Å²) >= 11 is 0.285. The monoisotopic (exact) mass is 434 g/mol. The molecule has 140 valence electrons. The van der Waals surface area contributed by atoms with Crippen molar-refractivity contribution in [3.05, 3.63) is 60.2 Å². The Balaban J connectivity index is 1.96. The molecular weight excluding hydrogens is 403 g/mol.